The quantitative estimate of drug-likeness (QED) is 0.340. The highest BCUT2D eigenvalue weighted by Crippen LogP contribution is 2.63. The summed E-state index contributed by atoms with van der Waals surface area (Å²) in [6.07, 6.45) is 4.93. The third kappa shape index (κ3) is 2.18. The molecule has 4 aliphatic rings. The van der Waals surface area contributed by atoms with Crippen LogP contribution in [0.1, 0.15) is 31.4 Å². The number of benzene rings is 1. The summed E-state index contributed by atoms with van der Waals surface area (Å²) in [6, 6.07) is 4.04. The van der Waals surface area contributed by atoms with Gasteiger partial charge in [0.25, 0.3) is 0 Å². The Balaban J connectivity index is 1.73. The molecule has 6 unspecified atom stereocenters. The molecule has 0 amide bonds. The van der Waals surface area contributed by atoms with Crippen molar-refractivity contribution in [2.24, 2.45) is 5.92 Å². The first kappa shape index (κ1) is 17.7. The lowest BCUT2D eigenvalue weighted by Crippen LogP contribution is -2.69. The molecule has 1 fully saturated rings. The third-order valence-corrected chi connectivity index (χ3v) is 6.99. The molecule has 146 valence electrons. The predicted molar refractivity (Wildman–Crippen MR) is 99.5 cm³/mol. The average molecular weight is 382 g/mol. The molecule has 0 saturated carbocycles. The van der Waals surface area contributed by atoms with Crippen LogP contribution in [0.4, 0.5) is 0 Å². The molecule has 6 atom stereocenters. The second-order valence-corrected chi connectivity index (χ2v) is 8.68. The fourth-order valence-electron chi connectivity index (χ4n) is 5.95. The molecule has 0 aromatic heterocycles. The SMILES string of the molecule is [CH][N+]1(C)CCC23c4c5ccc(OC(C)=O)c4OC2C(OC(C)=O)C=CC3C1C5. The van der Waals surface area contributed by atoms with E-state index in [1.54, 1.807) is 6.07 Å². The van der Waals surface area contributed by atoms with Crippen molar-refractivity contribution in [1.82, 2.24) is 0 Å². The lowest BCUT2D eigenvalue weighted by molar-refractivity contribution is -0.903. The van der Waals surface area contributed by atoms with Crippen LogP contribution in [-0.4, -0.2) is 48.3 Å². The lowest BCUT2D eigenvalue weighted by atomic mass is 9.53. The van der Waals surface area contributed by atoms with Gasteiger partial charge in [-0.15, -0.1) is 0 Å². The molecule has 6 nitrogen and oxygen atoms in total. The highest BCUT2D eigenvalue weighted by atomic mass is 16.6. The van der Waals surface area contributed by atoms with E-state index in [1.165, 1.54) is 19.4 Å². The minimum atomic E-state index is -0.479. The normalized spacial score (nSPS) is 35.6. The van der Waals surface area contributed by atoms with Crippen LogP contribution in [0.25, 0.3) is 0 Å². The summed E-state index contributed by atoms with van der Waals surface area (Å²) in [5.74, 6) is 0.503. The van der Waals surface area contributed by atoms with E-state index in [0.717, 1.165) is 24.9 Å². The maximum Gasteiger partial charge on any atom is 0.308 e. The molecule has 2 heterocycles. The van der Waals surface area contributed by atoms with Crippen molar-refractivity contribution in [3.63, 3.8) is 0 Å². The van der Waals surface area contributed by atoms with Crippen molar-refractivity contribution in [3.8, 4) is 11.5 Å². The topological polar surface area (TPSA) is 61.8 Å². The zero-order valence-corrected chi connectivity index (χ0v) is 16.3. The number of quaternary nitrogens is 1. The molecule has 2 bridgehead atoms. The van der Waals surface area contributed by atoms with Crippen molar-refractivity contribution in [3.05, 3.63) is 42.5 Å². The fraction of sp³-hybridized carbons (Fsp3) is 0.500. The number of hydrogen-bond acceptors (Lipinski definition) is 5. The molecule has 28 heavy (non-hydrogen) atoms. The minimum Gasteiger partial charge on any atom is -0.481 e. The molecular weight excluding hydrogens is 358 g/mol. The van der Waals surface area contributed by atoms with Gasteiger partial charge in [0.2, 0.25) is 7.05 Å². The minimum absolute atomic E-state index is 0.175. The van der Waals surface area contributed by atoms with Gasteiger partial charge in [0.05, 0.1) is 19.0 Å². The summed E-state index contributed by atoms with van der Waals surface area (Å²) in [5.41, 5.74) is 1.97. The van der Waals surface area contributed by atoms with E-state index in [9.17, 15) is 9.59 Å². The Bertz CT molecular complexity index is 920. The number of piperidine rings is 1. The summed E-state index contributed by atoms with van der Waals surface area (Å²) in [5, 5.41) is 0. The van der Waals surface area contributed by atoms with E-state index >= 15 is 0 Å². The first-order valence-corrected chi connectivity index (χ1v) is 9.75. The van der Waals surface area contributed by atoms with Crippen LogP contribution in [0.2, 0.25) is 0 Å². The summed E-state index contributed by atoms with van der Waals surface area (Å²) >= 11 is 0. The second kappa shape index (κ2) is 5.60. The van der Waals surface area contributed by atoms with Gasteiger partial charge in [-0.05, 0) is 17.7 Å². The van der Waals surface area contributed by atoms with Gasteiger partial charge < -0.3 is 18.7 Å². The average Bonchev–Trinajstić information content (AvgIpc) is 2.96. The zero-order valence-electron chi connectivity index (χ0n) is 16.3. The number of esters is 2. The second-order valence-electron chi connectivity index (χ2n) is 8.68. The van der Waals surface area contributed by atoms with Crippen LogP contribution in [0, 0.1) is 13.0 Å². The number of likely N-dealkylation sites (tertiary alicyclic amines) is 1. The van der Waals surface area contributed by atoms with Gasteiger partial charge in [-0.3, -0.25) is 9.59 Å². The van der Waals surface area contributed by atoms with E-state index in [2.05, 4.69) is 13.1 Å². The Morgan fingerprint density at radius 2 is 2.04 bits per heavy atom. The number of carbonyl (C=O) groups excluding carboxylic acids is 2. The number of rotatable bonds is 2. The standard InChI is InChI=1S/C22H24NO5/c1-12(24)26-17-7-5-14-11-16-15-6-8-18(27-13(2)25)21-22(15,9-10-23(16,3)4)19(14)20(17)28-21/h3,5-8,15-16,18,21H,9-11H2,1-2,4H3/q+1. The van der Waals surface area contributed by atoms with Crippen LogP contribution in [0.5, 0.6) is 11.5 Å². The van der Waals surface area contributed by atoms with Crippen LogP contribution >= 0.6 is 0 Å². The van der Waals surface area contributed by atoms with Crippen molar-refractivity contribution >= 4 is 11.9 Å². The monoisotopic (exact) mass is 382 g/mol. The van der Waals surface area contributed by atoms with E-state index in [0.29, 0.717) is 16.0 Å². The first-order chi connectivity index (χ1) is 13.2. The van der Waals surface area contributed by atoms with Crippen LogP contribution in [0.15, 0.2) is 24.3 Å². The molecule has 6 heteroatoms. The molecule has 2 aliphatic heterocycles. The molecule has 1 spiro atoms. The number of nitrogens with zero attached hydrogens (tertiary/aromatic N) is 1. The van der Waals surface area contributed by atoms with E-state index < -0.39 is 6.10 Å². The Kier molecular flexibility index (Phi) is 3.55. The molecular formula is C22H24NO5+. The maximum absolute atomic E-state index is 11.7. The Hall–Kier alpha value is -2.34. The van der Waals surface area contributed by atoms with Crippen LogP contribution in [0.3, 0.4) is 0 Å². The Labute approximate surface area is 164 Å². The largest absolute Gasteiger partial charge is 0.481 e. The van der Waals surface area contributed by atoms with Crippen molar-refractivity contribution in [1.29, 1.82) is 0 Å². The fourth-order valence-corrected chi connectivity index (χ4v) is 5.95. The van der Waals surface area contributed by atoms with Gasteiger partial charge in [-0.1, -0.05) is 12.1 Å². The number of likely N-dealkylation sites (N-methyl/N-ethyl adjacent to an activating group) is 1. The van der Waals surface area contributed by atoms with Gasteiger partial charge >= 0.3 is 11.9 Å². The predicted octanol–water partition coefficient (Wildman–Crippen LogP) is 2.17. The van der Waals surface area contributed by atoms with Gasteiger partial charge in [-0.25, -0.2) is 0 Å². The number of hydrogen-bond donors (Lipinski definition) is 0. The molecule has 2 aliphatic carbocycles. The van der Waals surface area contributed by atoms with E-state index in [1.807, 2.05) is 12.1 Å². The molecule has 0 N–H and O–H groups in total. The molecule has 1 aromatic rings. The van der Waals surface area contributed by atoms with E-state index in [4.69, 9.17) is 21.3 Å². The highest BCUT2D eigenvalue weighted by molar-refractivity contribution is 5.72. The van der Waals surface area contributed by atoms with Crippen molar-refractivity contribution < 1.29 is 28.3 Å². The first-order valence-electron chi connectivity index (χ1n) is 9.75. The highest BCUT2D eigenvalue weighted by Gasteiger charge is 2.68. The summed E-state index contributed by atoms with van der Waals surface area (Å²) in [4.78, 5) is 23.3. The Morgan fingerprint density at radius 1 is 1.25 bits per heavy atom. The van der Waals surface area contributed by atoms with E-state index in [-0.39, 0.29) is 35.4 Å². The van der Waals surface area contributed by atoms with Gasteiger partial charge in [0, 0.05) is 38.2 Å². The molecule has 1 aromatic carbocycles. The maximum atomic E-state index is 11.7. The third-order valence-electron chi connectivity index (χ3n) is 6.99. The van der Waals surface area contributed by atoms with Gasteiger partial charge in [0.15, 0.2) is 23.7 Å². The molecule has 1 saturated heterocycles. The van der Waals surface area contributed by atoms with Crippen molar-refractivity contribution in [2.75, 3.05) is 13.6 Å². The zero-order chi connectivity index (χ0) is 19.8. The van der Waals surface area contributed by atoms with Gasteiger partial charge in [-0.2, -0.15) is 0 Å². The van der Waals surface area contributed by atoms with Crippen LogP contribution < -0.4 is 9.47 Å². The number of ether oxygens (including phenoxy) is 3. The Morgan fingerprint density at radius 3 is 2.75 bits per heavy atom. The smallest absolute Gasteiger partial charge is 0.308 e. The summed E-state index contributed by atoms with van der Waals surface area (Å²) < 4.78 is 18.0. The summed E-state index contributed by atoms with van der Waals surface area (Å²) in [6.45, 7) is 3.60. The summed E-state index contributed by atoms with van der Waals surface area (Å²) in [7, 11) is 8.75. The molecule has 5 rings (SSSR count). The van der Waals surface area contributed by atoms with Crippen LogP contribution in [-0.2, 0) is 26.2 Å². The lowest BCUT2D eigenvalue weighted by Gasteiger charge is -2.58. The molecule has 2 radical (unpaired) electrons. The van der Waals surface area contributed by atoms with Gasteiger partial charge in [0.1, 0.15) is 6.04 Å². The van der Waals surface area contributed by atoms with Crippen molar-refractivity contribution in [2.45, 2.75) is 50.4 Å². The number of carbonyl (C=O) groups is 2.